The van der Waals surface area contributed by atoms with Crippen LogP contribution in [0.15, 0.2) is 30.5 Å². The fourth-order valence-corrected chi connectivity index (χ4v) is 3.97. The molecule has 4 rings (SSSR count). The van der Waals surface area contributed by atoms with E-state index in [0.717, 1.165) is 16.8 Å². The van der Waals surface area contributed by atoms with Crippen LogP contribution in [-0.4, -0.2) is 37.9 Å². The lowest BCUT2D eigenvalue weighted by Gasteiger charge is -2.30. The molecule has 0 radical (unpaired) electrons. The van der Waals surface area contributed by atoms with E-state index in [1.807, 2.05) is 0 Å². The fourth-order valence-electron chi connectivity index (χ4n) is 3.97. The lowest BCUT2D eigenvalue weighted by Crippen LogP contribution is -2.42. The Bertz CT molecular complexity index is 1260. The largest absolute Gasteiger partial charge is 0.449 e. The summed E-state index contributed by atoms with van der Waals surface area (Å²) in [5.41, 5.74) is 5.86. The highest BCUT2D eigenvalue weighted by Gasteiger charge is 2.41. The minimum Gasteiger partial charge on any atom is -0.335 e. The predicted octanol–water partition coefficient (Wildman–Crippen LogP) is 3.82. The SMILES string of the molecule is NC(CC(=O)N1CCn2c(C(F)(F)F)nc(-c3ccc(F)nc3)c2C1)Cc1cc(F)c(F)cc1F. The van der Waals surface area contributed by atoms with Crippen molar-refractivity contribution in [3.8, 4) is 11.3 Å². The average molecular weight is 501 g/mol. The molecule has 1 amide bonds. The van der Waals surface area contributed by atoms with Crippen LogP contribution in [0.2, 0.25) is 0 Å². The van der Waals surface area contributed by atoms with E-state index in [2.05, 4.69) is 9.97 Å². The number of carbonyl (C=O) groups is 1. The minimum absolute atomic E-state index is 0.0708. The number of rotatable bonds is 5. The van der Waals surface area contributed by atoms with E-state index in [9.17, 15) is 35.5 Å². The summed E-state index contributed by atoms with van der Waals surface area (Å²) < 4.78 is 95.2. The first-order valence-corrected chi connectivity index (χ1v) is 10.4. The molecule has 0 aliphatic carbocycles. The van der Waals surface area contributed by atoms with Crippen LogP contribution in [0.1, 0.15) is 23.5 Å². The van der Waals surface area contributed by atoms with Gasteiger partial charge in [-0.1, -0.05) is 0 Å². The van der Waals surface area contributed by atoms with E-state index in [4.69, 9.17) is 5.73 Å². The van der Waals surface area contributed by atoms with Crippen molar-refractivity contribution in [2.45, 2.75) is 38.1 Å². The van der Waals surface area contributed by atoms with Gasteiger partial charge in [-0.05, 0) is 30.2 Å². The van der Waals surface area contributed by atoms with Crippen LogP contribution < -0.4 is 5.73 Å². The second kappa shape index (κ2) is 9.29. The minimum atomic E-state index is -4.76. The van der Waals surface area contributed by atoms with Crippen molar-refractivity contribution < 1.29 is 35.5 Å². The van der Waals surface area contributed by atoms with E-state index >= 15 is 0 Å². The molecule has 0 spiro atoms. The van der Waals surface area contributed by atoms with E-state index in [0.29, 0.717) is 12.1 Å². The molecule has 0 saturated carbocycles. The summed E-state index contributed by atoms with van der Waals surface area (Å²) >= 11 is 0. The molecule has 2 aromatic heterocycles. The van der Waals surface area contributed by atoms with Gasteiger partial charge in [-0.2, -0.15) is 17.6 Å². The van der Waals surface area contributed by atoms with Gasteiger partial charge in [0, 0.05) is 43.4 Å². The fraction of sp³-hybridized carbons (Fsp3) is 0.318. The second-order valence-corrected chi connectivity index (χ2v) is 8.09. The monoisotopic (exact) mass is 501 g/mol. The Morgan fingerprint density at radius 3 is 2.43 bits per heavy atom. The van der Waals surface area contributed by atoms with Crippen LogP contribution in [0.3, 0.4) is 0 Å². The third-order valence-electron chi connectivity index (χ3n) is 5.62. The third kappa shape index (κ3) is 5.14. The third-order valence-corrected chi connectivity index (χ3v) is 5.62. The maximum atomic E-state index is 13.9. The van der Waals surface area contributed by atoms with Gasteiger partial charge in [-0.3, -0.25) is 4.79 Å². The molecule has 186 valence electrons. The maximum Gasteiger partial charge on any atom is 0.449 e. The highest BCUT2D eigenvalue weighted by atomic mass is 19.4. The Morgan fingerprint density at radius 1 is 1.06 bits per heavy atom. The van der Waals surface area contributed by atoms with E-state index < -0.39 is 47.3 Å². The molecule has 3 heterocycles. The Balaban J connectivity index is 1.54. The van der Waals surface area contributed by atoms with Gasteiger partial charge < -0.3 is 15.2 Å². The molecule has 1 aromatic carbocycles. The first kappa shape index (κ1) is 24.6. The molecule has 13 heteroatoms. The van der Waals surface area contributed by atoms with Crippen molar-refractivity contribution in [1.82, 2.24) is 19.4 Å². The summed E-state index contributed by atoms with van der Waals surface area (Å²) in [6.45, 7) is -0.510. The quantitative estimate of drug-likeness (QED) is 0.328. The first-order chi connectivity index (χ1) is 16.4. The van der Waals surface area contributed by atoms with Gasteiger partial charge in [0.05, 0.1) is 17.9 Å². The van der Waals surface area contributed by atoms with Crippen molar-refractivity contribution in [3.05, 3.63) is 70.9 Å². The average Bonchev–Trinajstić information content (AvgIpc) is 3.17. The number of imidazole rings is 1. The Kier molecular flexibility index (Phi) is 6.54. The number of alkyl halides is 3. The number of nitrogens with two attached hydrogens (primary N) is 1. The van der Waals surface area contributed by atoms with Gasteiger partial charge in [-0.15, -0.1) is 0 Å². The lowest BCUT2D eigenvalue weighted by molar-refractivity contribution is -0.148. The summed E-state index contributed by atoms with van der Waals surface area (Å²) in [5.74, 6) is -6.11. The predicted molar refractivity (Wildman–Crippen MR) is 108 cm³/mol. The highest BCUT2D eigenvalue weighted by molar-refractivity contribution is 5.77. The van der Waals surface area contributed by atoms with Gasteiger partial charge in [0.1, 0.15) is 5.82 Å². The van der Waals surface area contributed by atoms with Crippen LogP contribution in [-0.2, 0) is 30.5 Å². The second-order valence-electron chi connectivity index (χ2n) is 8.09. The van der Waals surface area contributed by atoms with Gasteiger partial charge in [0.25, 0.3) is 0 Å². The molecule has 35 heavy (non-hydrogen) atoms. The topological polar surface area (TPSA) is 77.0 Å². The van der Waals surface area contributed by atoms with Crippen molar-refractivity contribution in [1.29, 1.82) is 0 Å². The standard InChI is InChI=1S/C22H18F7N5O/c23-14-8-16(25)15(24)6-12(14)5-13(30)7-19(35)33-3-4-34-17(10-33)20(32-21(34)22(27,28)29)11-1-2-18(26)31-9-11/h1-2,6,8-9,13H,3-5,7,10,30H2. The smallest absolute Gasteiger partial charge is 0.335 e. The van der Waals surface area contributed by atoms with Crippen LogP contribution in [0, 0.1) is 23.4 Å². The maximum absolute atomic E-state index is 13.9. The Morgan fingerprint density at radius 2 is 1.77 bits per heavy atom. The summed E-state index contributed by atoms with van der Waals surface area (Å²) in [6.07, 6.45) is -4.29. The van der Waals surface area contributed by atoms with E-state index in [1.54, 1.807) is 0 Å². The molecule has 0 bridgehead atoms. The zero-order valence-corrected chi connectivity index (χ0v) is 17.9. The number of amides is 1. The molecule has 6 nitrogen and oxygen atoms in total. The van der Waals surface area contributed by atoms with E-state index in [1.165, 1.54) is 11.0 Å². The molecular formula is C22H18F7N5O. The van der Waals surface area contributed by atoms with Crippen molar-refractivity contribution >= 4 is 5.91 Å². The van der Waals surface area contributed by atoms with Crippen LogP contribution in [0.25, 0.3) is 11.3 Å². The highest BCUT2D eigenvalue weighted by Crippen LogP contribution is 2.35. The van der Waals surface area contributed by atoms with Gasteiger partial charge in [0.15, 0.2) is 11.6 Å². The normalized spacial score (nSPS) is 14.7. The summed E-state index contributed by atoms with van der Waals surface area (Å²) in [7, 11) is 0. The number of carbonyl (C=O) groups excluding carboxylic acids is 1. The number of hydrogen-bond acceptors (Lipinski definition) is 4. The number of pyridine rings is 1. The molecule has 2 N–H and O–H groups in total. The summed E-state index contributed by atoms with van der Waals surface area (Å²) in [6, 6.07) is 2.31. The van der Waals surface area contributed by atoms with Crippen LogP contribution in [0.5, 0.6) is 0 Å². The molecule has 1 aliphatic rings. The van der Waals surface area contributed by atoms with Gasteiger partial charge in [-0.25, -0.2) is 23.1 Å². The van der Waals surface area contributed by atoms with Crippen LogP contribution >= 0.6 is 0 Å². The molecule has 0 fully saturated rings. The first-order valence-electron chi connectivity index (χ1n) is 10.4. The van der Waals surface area contributed by atoms with Crippen LogP contribution in [0.4, 0.5) is 30.7 Å². The number of hydrogen-bond donors (Lipinski definition) is 1. The van der Waals surface area contributed by atoms with Gasteiger partial charge in [0.2, 0.25) is 17.7 Å². The molecule has 1 aliphatic heterocycles. The van der Waals surface area contributed by atoms with Crippen molar-refractivity contribution in [3.63, 3.8) is 0 Å². The van der Waals surface area contributed by atoms with Crippen molar-refractivity contribution in [2.24, 2.45) is 5.73 Å². The molecule has 0 saturated heterocycles. The van der Waals surface area contributed by atoms with Gasteiger partial charge >= 0.3 is 6.18 Å². The Hall–Kier alpha value is -3.48. The lowest BCUT2D eigenvalue weighted by atomic mass is 10.0. The number of nitrogens with zero attached hydrogens (tertiary/aromatic N) is 4. The number of halogens is 7. The van der Waals surface area contributed by atoms with E-state index in [-0.39, 0.29) is 55.0 Å². The number of aromatic nitrogens is 3. The Labute approximate surface area is 194 Å². The zero-order chi connectivity index (χ0) is 25.5. The van der Waals surface area contributed by atoms with Crippen molar-refractivity contribution in [2.75, 3.05) is 6.54 Å². The molecule has 3 aromatic rings. The number of fused-ring (bicyclic) bond motifs is 1. The molecule has 1 atom stereocenters. The number of benzene rings is 1. The summed E-state index contributed by atoms with van der Waals surface area (Å²) in [5, 5.41) is 0. The summed E-state index contributed by atoms with van der Waals surface area (Å²) in [4.78, 5) is 21.2. The zero-order valence-electron chi connectivity index (χ0n) is 17.9. The molecular weight excluding hydrogens is 483 g/mol. The molecule has 1 unspecified atom stereocenters.